The van der Waals surface area contributed by atoms with Crippen LogP contribution in [-0.4, -0.2) is 39.8 Å². The normalized spacial score (nSPS) is 14.2. The first-order valence-corrected chi connectivity index (χ1v) is 11.4. The highest BCUT2D eigenvalue weighted by Crippen LogP contribution is 2.39. The lowest BCUT2D eigenvalue weighted by atomic mass is 10.1. The fourth-order valence-corrected chi connectivity index (χ4v) is 4.65. The molecule has 0 unspecified atom stereocenters. The van der Waals surface area contributed by atoms with Crippen molar-refractivity contribution in [2.45, 2.75) is 25.9 Å². The molecule has 0 bridgehead atoms. The molecule has 176 valence electrons. The van der Waals surface area contributed by atoms with Crippen LogP contribution in [0.1, 0.15) is 25.3 Å². The molecule has 1 aliphatic heterocycles. The van der Waals surface area contributed by atoms with Crippen molar-refractivity contribution in [1.82, 2.24) is 20.2 Å². The number of aromatic amines is 1. The van der Waals surface area contributed by atoms with Crippen LogP contribution in [-0.2, 0) is 6.18 Å². The van der Waals surface area contributed by atoms with E-state index in [1.807, 2.05) is 25.1 Å². The Kier molecular flexibility index (Phi) is 5.81. The van der Waals surface area contributed by atoms with E-state index in [9.17, 15) is 13.2 Å². The van der Waals surface area contributed by atoms with Gasteiger partial charge in [0.2, 0.25) is 5.95 Å². The summed E-state index contributed by atoms with van der Waals surface area (Å²) < 4.78 is 39.4. The highest BCUT2D eigenvalue weighted by Gasteiger charge is 2.31. The largest absolute Gasteiger partial charge is 0.416 e. The van der Waals surface area contributed by atoms with E-state index in [-0.39, 0.29) is 5.02 Å². The molecule has 0 aliphatic carbocycles. The number of halogens is 4. The second-order valence-electron chi connectivity index (χ2n) is 8.12. The lowest BCUT2D eigenvalue weighted by Crippen LogP contribution is -2.21. The van der Waals surface area contributed by atoms with Crippen LogP contribution in [0.15, 0.2) is 48.7 Å². The Bertz CT molecular complexity index is 1330. The van der Waals surface area contributed by atoms with E-state index in [1.54, 1.807) is 11.1 Å². The third kappa shape index (κ3) is 4.04. The molecule has 0 saturated carbocycles. The maximum absolute atomic E-state index is 13.1. The van der Waals surface area contributed by atoms with Crippen LogP contribution < -0.4 is 9.80 Å². The monoisotopic (exact) mass is 486 g/mol. The molecule has 0 spiro atoms. The van der Waals surface area contributed by atoms with Gasteiger partial charge in [-0.15, -0.1) is 0 Å². The smallest absolute Gasteiger partial charge is 0.371 e. The first-order chi connectivity index (χ1) is 16.4. The van der Waals surface area contributed by atoms with Crippen molar-refractivity contribution in [3.05, 3.63) is 59.2 Å². The van der Waals surface area contributed by atoms with Gasteiger partial charge in [-0.25, -0.2) is 9.97 Å². The summed E-state index contributed by atoms with van der Waals surface area (Å²) in [6.07, 6.45) is -0.583. The molecular formula is C24H22ClF3N6. The summed E-state index contributed by atoms with van der Waals surface area (Å²) in [5.74, 6) is 0.337. The summed E-state index contributed by atoms with van der Waals surface area (Å²) in [5.41, 5.74) is 3.61. The van der Waals surface area contributed by atoms with Crippen LogP contribution in [0.4, 0.5) is 30.5 Å². The van der Waals surface area contributed by atoms with Gasteiger partial charge in [0, 0.05) is 30.9 Å². The van der Waals surface area contributed by atoms with Gasteiger partial charge in [0.1, 0.15) is 16.7 Å². The number of alkyl halides is 3. The second kappa shape index (κ2) is 8.79. The number of anilines is 3. The van der Waals surface area contributed by atoms with Crippen LogP contribution >= 0.6 is 11.6 Å². The summed E-state index contributed by atoms with van der Waals surface area (Å²) in [7, 11) is 0. The van der Waals surface area contributed by atoms with Crippen molar-refractivity contribution in [3.63, 3.8) is 0 Å². The van der Waals surface area contributed by atoms with Gasteiger partial charge in [-0.05, 0) is 44.0 Å². The molecule has 1 fully saturated rings. The number of hydrogen-bond donors (Lipinski definition) is 1. The molecule has 10 heteroatoms. The van der Waals surface area contributed by atoms with Gasteiger partial charge < -0.3 is 9.80 Å². The van der Waals surface area contributed by atoms with Crippen LogP contribution in [0.25, 0.3) is 22.3 Å². The van der Waals surface area contributed by atoms with Gasteiger partial charge in [-0.2, -0.15) is 18.3 Å². The van der Waals surface area contributed by atoms with Crippen LogP contribution in [0.3, 0.4) is 0 Å². The quantitative estimate of drug-likeness (QED) is 0.351. The summed E-state index contributed by atoms with van der Waals surface area (Å²) in [6.45, 7) is 4.23. The Morgan fingerprint density at radius 3 is 2.56 bits per heavy atom. The minimum Gasteiger partial charge on any atom is -0.371 e. The molecule has 2 aromatic carbocycles. The van der Waals surface area contributed by atoms with Gasteiger partial charge in [0.25, 0.3) is 0 Å². The third-order valence-corrected chi connectivity index (χ3v) is 6.32. The number of nitrogens with zero attached hydrogens (tertiary/aromatic N) is 5. The van der Waals surface area contributed by atoms with E-state index in [0.717, 1.165) is 49.3 Å². The molecule has 4 aromatic rings. The Hall–Kier alpha value is -3.33. The zero-order valence-electron chi connectivity index (χ0n) is 18.4. The first kappa shape index (κ1) is 22.5. The number of hydrogen-bond acceptors (Lipinski definition) is 5. The topological polar surface area (TPSA) is 60.9 Å². The van der Waals surface area contributed by atoms with E-state index in [2.05, 4.69) is 26.1 Å². The predicted octanol–water partition coefficient (Wildman–Crippen LogP) is 6.45. The third-order valence-electron chi connectivity index (χ3n) is 6.02. The number of rotatable bonds is 5. The fraction of sp³-hybridized carbons (Fsp3) is 0.292. The fourth-order valence-electron chi connectivity index (χ4n) is 4.37. The van der Waals surface area contributed by atoms with Gasteiger partial charge >= 0.3 is 6.18 Å². The Morgan fingerprint density at radius 1 is 1.09 bits per heavy atom. The minimum absolute atomic E-state index is 0.0217. The number of para-hydroxylation sites is 1. The number of benzene rings is 2. The minimum atomic E-state index is -4.47. The van der Waals surface area contributed by atoms with Crippen LogP contribution in [0, 0.1) is 0 Å². The highest BCUT2D eigenvalue weighted by molar-refractivity contribution is 6.33. The van der Waals surface area contributed by atoms with Crippen molar-refractivity contribution in [1.29, 1.82) is 0 Å². The SMILES string of the molecule is CCN(c1nc(-c2ccccc2N2CCCC2)c2[nH]ncc2n1)c1ccc(C(F)(F)F)cc1Cl. The van der Waals surface area contributed by atoms with E-state index in [0.29, 0.717) is 34.9 Å². The molecule has 0 radical (unpaired) electrons. The molecular weight excluding hydrogens is 465 g/mol. The number of H-pyrrole nitrogens is 1. The lowest BCUT2D eigenvalue weighted by molar-refractivity contribution is -0.137. The summed E-state index contributed by atoms with van der Waals surface area (Å²) >= 11 is 6.30. The molecule has 2 aromatic heterocycles. The van der Waals surface area contributed by atoms with Gasteiger partial charge in [0.15, 0.2) is 0 Å². The van der Waals surface area contributed by atoms with E-state index in [1.165, 1.54) is 6.07 Å². The van der Waals surface area contributed by atoms with Crippen molar-refractivity contribution < 1.29 is 13.2 Å². The Morgan fingerprint density at radius 2 is 1.85 bits per heavy atom. The van der Waals surface area contributed by atoms with Crippen LogP contribution in [0.5, 0.6) is 0 Å². The molecule has 5 rings (SSSR count). The summed E-state index contributed by atoms with van der Waals surface area (Å²) in [4.78, 5) is 13.5. The molecule has 34 heavy (non-hydrogen) atoms. The first-order valence-electron chi connectivity index (χ1n) is 11.1. The predicted molar refractivity (Wildman–Crippen MR) is 128 cm³/mol. The highest BCUT2D eigenvalue weighted by atomic mass is 35.5. The van der Waals surface area contributed by atoms with Crippen molar-refractivity contribution in [2.75, 3.05) is 29.4 Å². The second-order valence-corrected chi connectivity index (χ2v) is 8.53. The van der Waals surface area contributed by atoms with Gasteiger partial charge in [-0.1, -0.05) is 29.8 Å². The summed E-state index contributed by atoms with van der Waals surface area (Å²) in [5, 5.41) is 7.14. The molecule has 1 N–H and O–H groups in total. The molecule has 6 nitrogen and oxygen atoms in total. The molecule has 0 atom stereocenters. The van der Waals surface area contributed by atoms with E-state index in [4.69, 9.17) is 16.6 Å². The van der Waals surface area contributed by atoms with E-state index >= 15 is 0 Å². The lowest BCUT2D eigenvalue weighted by Gasteiger charge is -2.24. The molecule has 1 aliphatic rings. The zero-order valence-corrected chi connectivity index (χ0v) is 19.2. The average Bonchev–Trinajstić information content (AvgIpc) is 3.52. The number of aromatic nitrogens is 4. The van der Waals surface area contributed by atoms with Crippen LogP contribution in [0.2, 0.25) is 5.02 Å². The van der Waals surface area contributed by atoms with Gasteiger partial charge in [-0.3, -0.25) is 5.10 Å². The van der Waals surface area contributed by atoms with Crippen molar-refractivity contribution >= 4 is 40.0 Å². The number of nitrogens with one attached hydrogen (secondary N) is 1. The zero-order chi connectivity index (χ0) is 23.9. The Labute approximate surface area is 199 Å². The standard InChI is InChI=1S/C24H22ClF3N6/c1-2-34(20-10-9-15(13-17(20)25)24(26,27)28)23-30-18-14-29-32-22(18)21(31-23)16-7-3-4-8-19(16)33-11-5-6-12-33/h3-4,7-10,13-14H,2,5-6,11-12H2,1H3,(H,29,32). The number of fused-ring (bicyclic) bond motifs is 1. The maximum atomic E-state index is 13.1. The molecule has 3 heterocycles. The van der Waals surface area contributed by atoms with Gasteiger partial charge in [0.05, 0.1) is 22.5 Å². The molecule has 1 saturated heterocycles. The van der Waals surface area contributed by atoms with Crippen molar-refractivity contribution in [2.24, 2.45) is 0 Å². The molecule has 0 amide bonds. The average molecular weight is 487 g/mol. The maximum Gasteiger partial charge on any atom is 0.416 e. The van der Waals surface area contributed by atoms with E-state index < -0.39 is 11.7 Å². The summed E-state index contributed by atoms with van der Waals surface area (Å²) in [6, 6.07) is 11.4. The van der Waals surface area contributed by atoms with Crippen molar-refractivity contribution in [3.8, 4) is 11.3 Å². The Balaban J connectivity index is 1.64.